The summed E-state index contributed by atoms with van der Waals surface area (Å²) in [4.78, 5) is 10.6. The van der Waals surface area contributed by atoms with Crippen molar-refractivity contribution in [3.63, 3.8) is 0 Å². The van der Waals surface area contributed by atoms with Crippen LogP contribution in [0.25, 0.3) is 0 Å². The highest BCUT2D eigenvalue weighted by molar-refractivity contribution is 5.73. The molecular formula is C12H16N2O2. The summed E-state index contributed by atoms with van der Waals surface area (Å²) >= 11 is 0. The van der Waals surface area contributed by atoms with E-state index in [0.717, 1.165) is 12.8 Å². The number of benzene rings is 1. The van der Waals surface area contributed by atoms with Crippen molar-refractivity contribution in [3.8, 4) is 5.75 Å². The van der Waals surface area contributed by atoms with Crippen molar-refractivity contribution in [3.05, 3.63) is 29.3 Å². The molecule has 0 spiro atoms. The Balaban J connectivity index is 1.98. The lowest BCUT2D eigenvalue weighted by Crippen LogP contribution is -2.24. The molecule has 2 rings (SSSR count). The number of nitrogens with two attached hydrogens (primary N) is 1. The molecule has 0 aromatic heterocycles. The Kier molecular flexibility index (Phi) is 3.10. The number of carbonyl (C=O) groups excluding carboxylic acids is 1. The molecule has 4 heteroatoms. The molecule has 0 saturated carbocycles. The predicted molar refractivity (Wildman–Crippen MR) is 61.0 cm³/mol. The molecule has 1 aromatic rings. The minimum atomic E-state index is -0.281. The lowest BCUT2D eigenvalue weighted by Gasteiger charge is -2.13. The van der Waals surface area contributed by atoms with Gasteiger partial charge in [0.2, 0.25) is 5.91 Å². The zero-order valence-corrected chi connectivity index (χ0v) is 9.07. The molecule has 0 aliphatic heterocycles. The summed E-state index contributed by atoms with van der Waals surface area (Å²) in [6, 6.07) is 5.74. The summed E-state index contributed by atoms with van der Waals surface area (Å²) in [6.45, 7) is 0.611. The van der Waals surface area contributed by atoms with Crippen molar-refractivity contribution in [1.29, 1.82) is 0 Å². The molecule has 0 bridgehead atoms. The van der Waals surface area contributed by atoms with Crippen LogP contribution in [0.5, 0.6) is 5.75 Å². The Morgan fingerprint density at radius 3 is 3.12 bits per heavy atom. The van der Waals surface area contributed by atoms with Crippen molar-refractivity contribution >= 4 is 5.91 Å². The summed E-state index contributed by atoms with van der Waals surface area (Å²) in [5, 5.41) is 12.7. The molecule has 0 saturated heterocycles. The van der Waals surface area contributed by atoms with Crippen molar-refractivity contribution in [2.24, 2.45) is 5.73 Å². The Morgan fingerprint density at radius 2 is 2.38 bits per heavy atom. The van der Waals surface area contributed by atoms with Crippen LogP contribution in [-0.4, -0.2) is 17.6 Å². The monoisotopic (exact) mass is 220 g/mol. The highest BCUT2D eigenvalue weighted by Crippen LogP contribution is 2.32. The second-order valence-electron chi connectivity index (χ2n) is 4.14. The van der Waals surface area contributed by atoms with E-state index in [-0.39, 0.29) is 11.9 Å². The third kappa shape index (κ3) is 2.33. The predicted octanol–water partition coefficient (Wildman–Crippen LogP) is 0.844. The fourth-order valence-electron chi connectivity index (χ4n) is 2.19. The molecule has 1 atom stereocenters. The van der Waals surface area contributed by atoms with Gasteiger partial charge in [0.1, 0.15) is 5.75 Å². The number of rotatable bonds is 4. The minimum absolute atomic E-state index is 0.281. The van der Waals surface area contributed by atoms with Gasteiger partial charge >= 0.3 is 0 Å². The number of primary amides is 1. The van der Waals surface area contributed by atoms with E-state index >= 15 is 0 Å². The molecule has 1 amide bonds. The van der Waals surface area contributed by atoms with Gasteiger partial charge < -0.3 is 16.2 Å². The zero-order chi connectivity index (χ0) is 11.5. The molecule has 0 fully saturated rings. The van der Waals surface area contributed by atoms with Crippen LogP contribution in [0, 0.1) is 0 Å². The van der Waals surface area contributed by atoms with E-state index in [1.807, 2.05) is 12.1 Å². The minimum Gasteiger partial charge on any atom is -0.508 e. The zero-order valence-electron chi connectivity index (χ0n) is 9.07. The molecule has 0 radical (unpaired) electrons. The van der Waals surface area contributed by atoms with Crippen LogP contribution < -0.4 is 11.1 Å². The van der Waals surface area contributed by atoms with Gasteiger partial charge in [-0.05, 0) is 36.1 Å². The normalized spacial score (nSPS) is 18.4. The van der Waals surface area contributed by atoms with Gasteiger partial charge in [0, 0.05) is 19.0 Å². The molecule has 1 aliphatic carbocycles. The fourth-order valence-corrected chi connectivity index (χ4v) is 2.19. The first-order valence-electron chi connectivity index (χ1n) is 5.50. The van der Waals surface area contributed by atoms with Crippen LogP contribution in [-0.2, 0) is 11.2 Å². The number of amides is 1. The second kappa shape index (κ2) is 4.53. The van der Waals surface area contributed by atoms with Crippen molar-refractivity contribution in [2.75, 3.05) is 6.54 Å². The molecule has 4 nitrogen and oxygen atoms in total. The molecule has 0 heterocycles. The molecular weight excluding hydrogens is 204 g/mol. The molecule has 1 aromatic carbocycles. The van der Waals surface area contributed by atoms with Crippen LogP contribution in [0.2, 0.25) is 0 Å². The number of phenolic OH excluding ortho intramolecular Hbond substituents is 1. The number of nitrogens with one attached hydrogen (secondary N) is 1. The van der Waals surface area contributed by atoms with Gasteiger partial charge in [-0.2, -0.15) is 0 Å². The van der Waals surface area contributed by atoms with E-state index in [2.05, 4.69) is 5.32 Å². The summed E-state index contributed by atoms with van der Waals surface area (Å²) in [5.74, 6) is 0.0352. The van der Waals surface area contributed by atoms with Crippen molar-refractivity contribution < 1.29 is 9.90 Å². The summed E-state index contributed by atoms with van der Waals surface area (Å²) in [6.07, 6.45) is 2.35. The van der Waals surface area contributed by atoms with Gasteiger partial charge in [0.15, 0.2) is 0 Å². The van der Waals surface area contributed by atoms with Gasteiger partial charge in [0.05, 0.1) is 0 Å². The first-order chi connectivity index (χ1) is 7.66. The number of carbonyl (C=O) groups is 1. The Bertz CT molecular complexity index is 404. The van der Waals surface area contributed by atoms with Gasteiger partial charge in [-0.25, -0.2) is 0 Å². The Hall–Kier alpha value is -1.55. The SMILES string of the molecule is NC(=O)CCNC1CCc2cc(O)ccc21. The average Bonchev–Trinajstić information content (AvgIpc) is 2.60. The summed E-state index contributed by atoms with van der Waals surface area (Å²) in [7, 11) is 0. The van der Waals surface area contributed by atoms with Crippen LogP contribution in [0.4, 0.5) is 0 Å². The first-order valence-corrected chi connectivity index (χ1v) is 5.50. The third-order valence-corrected chi connectivity index (χ3v) is 2.97. The van der Waals surface area contributed by atoms with Gasteiger partial charge in [-0.15, -0.1) is 0 Å². The highest BCUT2D eigenvalue weighted by atomic mass is 16.3. The van der Waals surface area contributed by atoms with Crippen LogP contribution in [0.1, 0.15) is 30.0 Å². The first kappa shape index (κ1) is 11.0. The smallest absolute Gasteiger partial charge is 0.218 e. The van der Waals surface area contributed by atoms with E-state index in [1.165, 1.54) is 11.1 Å². The average molecular weight is 220 g/mol. The Morgan fingerprint density at radius 1 is 1.56 bits per heavy atom. The summed E-state index contributed by atoms with van der Waals surface area (Å²) < 4.78 is 0. The molecule has 1 unspecified atom stereocenters. The topological polar surface area (TPSA) is 75.4 Å². The molecule has 4 N–H and O–H groups in total. The summed E-state index contributed by atoms with van der Waals surface area (Å²) in [5.41, 5.74) is 7.50. The maximum Gasteiger partial charge on any atom is 0.218 e. The van der Waals surface area contributed by atoms with Crippen LogP contribution in [0.15, 0.2) is 18.2 Å². The number of phenols is 1. The third-order valence-electron chi connectivity index (χ3n) is 2.97. The van der Waals surface area contributed by atoms with E-state index < -0.39 is 0 Å². The highest BCUT2D eigenvalue weighted by Gasteiger charge is 2.21. The lowest BCUT2D eigenvalue weighted by atomic mass is 10.1. The lowest BCUT2D eigenvalue weighted by molar-refractivity contribution is -0.117. The van der Waals surface area contributed by atoms with Crippen LogP contribution in [0.3, 0.4) is 0 Å². The number of hydrogen-bond acceptors (Lipinski definition) is 3. The van der Waals surface area contributed by atoms with Gasteiger partial charge in [0.25, 0.3) is 0 Å². The van der Waals surface area contributed by atoms with Crippen molar-refractivity contribution in [1.82, 2.24) is 5.32 Å². The number of hydrogen-bond donors (Lipinski definition) is 3. The maximum absolute atomic E-state index is 10.6. The van der Waals surface area contributed by atoms with Crippen LogP contribution >= 0.6 is 0 Å². The standard InChI is InChI=1S/C12H16N2O2/c13-12(16)5-6-14-11-4-1-8-7-9(15)2-3-10(8)11/h2-3,7,11,14-15H,1,4-6H2,(H2,13,16). The fraction of sp³-hybridized carbons (Fsp3) is 0.417. The van der Waals surface area contributed by atoms with E-state index in [9.17, 15) is 9.90 Å². The molecule has 1 aliphatic rings. The van der Waals surface area contributed by atoms with E-state index in [0.29, 0.717) is 18.7 Å². The van der Waals surface area contributed by atoms with Gasteiger partial charge in [-0.3, -0.25) is 4.79 Å². The quantitative estimate of drug-likeness (QED) is 0.704. The number of aryl methyl sites for hydroxylation is 1. The largest absolute Gasteiger partial charge is 0.508 e. The van der Waals surface area contributed by atoms with E-state index in [4.69, 9.17) is 5.73 Å². The van der Waals surface area contributed by atoms with Gasteiger partial charge in [-0.1, -0.05) is 6.07 Å². The van der Waals surface area contributed by atoms with Crippen molar-refractivity contribution in [2.45, 2.75) is 25.3 Å². The Labute approximate surface area is 94.5 Å². The number of fused-ring (bicyclic) bond motifs is 1. The molecule has 86 valence electrons. The molecule has 16 heavy (non-hydrogen) atoms. The second-order valence-corrected chi connectivity index (χ2v) is 4.14. The van der Waals surface area contributed by atoms with E-state index in [1.54, 1.807) is 6.07 Å². The maximum atomic E-state index is 10.6. The number of aromatic hydroxyl groups is 1.